The minimum atomic E-state index is -0.670. The van der Waals surface area contributed by atoms with Gasteiger partial charge in [-0.05, 0) is 26.0 Å². The number of pyridine rings is 1. The van der Waals surface area contributed by atoms with Crippen LogP contribution in [0.2, 0.25) is 5.02 Å². The van der Waals surface area contributed by atoms with Crippen molar-refractivity contribution in [3.8, 4) is 22.8 Å². The van der Waals surface area contributed by atoms with Crippen LogP contribution in [0.15, 0.2) is 18.2 Å². The minimum Gasteiger partial charge on any atom is -0.507 e. The fourth-order valence-corrected chi connectivity index (χ4v) is 3.95. The highest BCUT2D eigenvalue weighted by Crippen LogP contribution is 2.45. The van der Waals surface area contributed by atoms with Crippen LogP contribution in [0.5, 0.6) is 11.5 Å². The Hall–Kier alpha value is -2.58. The number of halogens is 2. The van der Waals surface area contributed by atoms with E-state index in [1.54, 1.807) is 4.90 Å². The fourth-order valence-electron chi connectivity index (χ4n) is 3.67. The number of hydrogen-bond acceptors (Lipinski definition) is 6. The zero-order valence-electron chi connectivity index (χ0n) is 16.1. The molecule has 0 bridgehead atoms. The Morgan fingerprint density at radius 3 is 2.93 bits per heavy atom. The molecule has 0 aliphatic carbocycles. The van der Waals surface area contributed by atoms with Crippen molar-refractivity contribution in [3.63, 3.8) is 0 Å². The fraction of sp³-hybridized carbons (Fsp3) is 0.400. The van der Waals surface area contributed by atoms with Crippen molar-refractivity contribution in [2.45, 2.75) is 25.9 Å². The number of amides is 1. The van der Waals surface area contributed by atoms with Crippen LogP contribution in [-0.2, 0) is 0 Å². The van der Waals surface area contributed by atoms with Crippen molar-refractivity contribution in [1.29, 1.82) is 0 Å². The second-order valence-corrected chi connectivity index (χ2v) is 7.81. The topological polar surface area (TPSA) is 86.7 Å². The van der Waals surface area contributed by atoms with Gasteiger partial charge in [-0.15, -0.1) is 0 Å². The number of ether oxygens (including phenoxy) is 1. The first-order valence-corrected chi connectivity index (χ1v) is 9.88. The van der Waals surface area contributed by atoms with Crippen LogP contribution in [0.3, 0.4) is 0 Å². The molecule has 1 fully saturated rings. The van der Waals surface area contributed by atoms with Crippen molar-refractivity contribution < 1.29 is 19.0 Å². The van der Waals surface area contributed by atoms with Crippen molar-refractivity contribution in [1.82, 2.24) is 15.2 Å². The van der Waals surface area contributed by atoms with Crippen molar-refractivity contribution in [2.24, 2.45) is 0 Å². The lowest BCUT2D eigenvalue weighted by Gasteiger charge is -2.34. The SMILES string of the molecule is CC(C)Nc1nc(-c2c(O)cccc2F)c(Cl)c2c1C(=O)N1CCNC[C@@H]1CO2. The Bertz CT molecular complexity index is 949. The van der Waals surface area contributed by atoms with Gasteiger partial charge in [-0.3, -0.25) is 4.79 Å². The number of fused-ring (bicyclic) bond motifs is 2. The highest BCUT2D eigenvalue weighted by atomic mass is 35.5. The first-order valence-electron chi connectivity index (χ1n) is 9.50. The molecule has 1 aromatic carbocycles. The third-order valence-electron chi connectivity index (χ3n) is 4.99. The molecule has 0 radical (unpaired) electrons. The third kappa shape index (κ3) is 3.47. The molecule has 1 amide bonds. The van der Waals surface area contributed by atoms with Crippen LogP contribution in [-0.4, -0.2) is 59.2 Å². The zero-order chi connectivity index (χ0) is 20.7. The van der Waals surface area contributed by atoms with E-state index in [0.717, 1.165) is 0 Å². The highest BCUT2D eigenvalue weighted by Gasteiger charge is 2.37. The maximum atomic E-state index is 14.5. The average Bonchev–Trinajstić information content (AvgIpc) is 2.82. The van der Waals surface area contributed by atoms with E-state index in [4.69, 9.17) is 16.3 Å². The number of anilines is 1. The van der Waals surface area contributed by atoms with Crippen molar-refractivity contribution in [2.75, 3.05) is 31.6 Å². The molecule has 0 saturated carbocycles. The monoisotopic (exact) mass is 420 g/mol. The molecule has 29 heavy (non-hydrogen) atoms. The maximum absolute atomic E-state index is 14.5. The van der Waals surface area contributed by atoms with Gasteiger partial charge in [0.25, 0.3) is 5.91 Å². The van der Waals surface area contributed by atoms with E-state index in [1.165, 1.54) is 18.2 Å². The number of piperazine rings is 1. The van der Waals surface area contributed by atoms with Crippen LogP contribution >= 0.6 is 11.6 Å². The number of carbonyl (C=O) groups is 1. The van der Waals surface area contributed by atoms with Gasteiger partial charge in [0.2, 0.25) is 0 Å². The van der Waals surface area contributed by atoms with E-state index in [0.29, 0.717) is 19.6 Å². The standard InChI is InChI=1S/C20H22ClFN4O3/c1-10(2)24-19-15-18(29-9-11-8-23-6-7-26(11)20(15)28)16(21)17(25-19)14-12(22)4-3-5-13(14)27/h3-5,10-11,23,27H,6-9H2,1-2H3,(H,24,25)/t11-/m1/s1. The zero-order valence-corrected chi connectivity index (χ0v) is 16.9. The van der Waals surface area contributed by atoms with Gasteiger partial charge in [-0.25, -0.2) is 9.37 Å². The number of phenolic OH excluding ortho intramolecular Hbond substituents is 1. The largest absolute Gasteiger partial charge is 0.507 e. The molecule has 2 aliphatic rings. The van der Waals surface area contributed by atoms with Gasteiger partial charge in [0, 0.05) is 25.7 Å². The molecule has 4 rings (SSSR count). The van der Waals surface area contributed by atoms with Gasteiger partial charge in [0.15, 0.2) is 5.75 Å². The molecular formula is C20H22ClFN4O3. The maximum Gasteiger partial charge on any atom is 0.261 e. The Morgan fingerprint density at radius 1 is 1.41 bits per heavy atom. The lowest BCUT2D eigenvalue weighted by Crippen LogP contribution is -2.54. The summed E-state index contributed by atoms with van der Waals surface area (Å²) >= 11 is 6.57. The number of nitrogens with one attached hydrogen (secondary N) is 2. The number of benzene rings is 1. The molecule has 1 aromatic heterocycles. The van der Waals surface area contributed by atoms with Gasteiger partial charge in [-0.1, -0.05) is 17.7 Å². The predicted molar refractivity (Wildman–Crippen MR) is 108 cm³/mol. The van der Waals surface area contributed by atoms with Gasteiger partial charge in [0.1, 0.15) is 40.3 Å². The van der Waals surface area contributed by atoms with Gasteiger partial charge < -0.3 is 25.4 Å². The number of nitrogens with zero attached hydrogens (tertiary/aromatic N) is 2. The second-order valence-electron chi connectivity index (χ2n) is 7.43. The molecule has 1 atom stereocenters. The molecule has 2 aliphatic heterocycles. The summed E-state index contributed by atoms with van der Waals surface area (Å²) in [5.74, 6) is -0.790. The molecule has 7 nitrogen and oxygen atoms in total. The Morgan fingerprint density at radius 2 is 2.21 bits per heavy atom. The van der Waals surface area contributed by atoms with E-state index < -0.39 is 5.82 Å². The van der Waals surface area contributed by atoms with Crippen LogP contribution in [0.4, 0.5) is 10.2 Å². The van der Waals surface area contributed by atoms with E-state index in [1.807, 2.05) is 13.8 Å². The number of rotatable bonds is 3. The van der Waals surface area contributed by atoms with Gasteiger partial charge in [0.05, 0.1) is 11.6 Å². The summed E-state index contributed by atoms with van der Waals surface area (Å²) in [6.45, 7) is 5.89. The summed E-state index contributed by atoms with van der Waals surface area (Å²) in [6, 6.07) is 3.77. The average molecular weight is 421 g/mol. The lowest BCUT2D eigenvalue weighted by atomic mass is 10.1. The third-order valence-corrected chi connectivity index (χ3v) is 5.34. The quantitative estimate of drug-likeness (QED) is 0.707. The summed E-state index contributed by atoms with van der Waals surface area (Å²) in [5.41, 5.74) is 0.120. The van der Waals surface area contributed by atoms with E-state index in [-0.39, 0.29) is 63.8 Å². The van der Waals surface area contributed by atoms with Crippen LogP contribution in [0.1, 0.15) is 24.2 Å². The molecule has 154 valence electrons. The van der Waals surface area contributed by atoms with Crippen LogP contribution < -0.4 is 15.4 Å². The molecular weight excluding hydrogens is 399 g/mol. The summed E-state index contributed by atoms with van der Waals surface area (Å²) in [6.07, 6.45) is 0. The second kappa shape index (κ2) is 7.68. The number of carbonyl (C=O) groups excluding carboxylic acids is 1. The summed E-state index contributed by atoms with van der Waals surface area (Å²) in [4.78, 5) is 19.6. The molecule has 0 unspecified atom stereocenters. The first kappa shape index (κ1) is 19.7. The number of hydrogen-bond donors (Lipinski definition) is 3. The van der Waals surface area contributed by atoms with E-state index in [2.05, 4.69) is 15.6 Å². The Balaban J connectivity index is 1.94. The molecule has 0 spiro atoms. The number of phenols is 1. The predicted octanol–water partition coefficient (Wildman–Crippen LogP) is 2.87. The Labute approximate surface area is 172 Å². The summed E-state index contributed by atoms with van der Waals surface area (Å²) in [5, 5.41) is 16.6. The molecule has 3 N–H and O–H groups in total. The molecule has 9 heteroatoms. The van der Waals surface area contributed by atoms with Crippen molar-refractivity contribution in [3.05, 3.63) is 34.6 Å². The number of aromatic nitrogens is 1. The van der Waals surface area contributed by atoms with E-state index >= 15 is 0 Å². The molecule has 1 saturated heterocycles. The Kier molecular flexibility index (Phi) is 5.23. The molecule has 2 aromatic rings. The summed E-state index contributed by atoms with van der Waals surface area (Å²) in [7, 11) is 0. The lowest BCUT2D eigenvalue weighted by molar-refractivity contribution is 0.0607. The van der Waals surface area contributed by atoms with Gasteiger partial charge in [-0.2, -0.15) is 0 Å². The van der Waals surface area contributed by atoms with Crippen LogP contribution in [0, 0.1) is 5.82 Å². The first-order chi connectivity index (χ1) is 13.9. The van der Waals surface area contributed by atoms with E-state index in [9.17, 15) is 14.3 Å². The normalized spacial score (nSPS) is 18.7. The van der Waals surface area contributed by atoms with Crippen molar-refractivity contribution >= 4 is 23.3 Å². The smallest absolute Gasteiger partial charge is 0.261 e. The highest BCUT2D eigenvalue weighted by molar-refractivity contribution is 6.35. The van der Waals surface area contributed by atoms with Gasteiger partial charge >= 0.3 is 0 Å². The van der Waals surface area contributed by atoms with Crippen LogP contribution in [0.25, 0.3) is 11.3 Å². The molecule has 3 heterocycles. The number of aromatic hydroxyl groups is 1. The summed E-state index contributed by atoms with van der Waals surface area (Å²) < 4.78 is 20.5. The minimum absolute atomic E-state index is 0.00383.